The molecule has 0 fully saturated rings. The molecule has 0 atom stereocenters. The molecule has 0 aromatic carbocycles. The molecule has 0 amide bonds. The molecule has 0 spiro atoms. The van der Waals surface area contributed by atoms with Crippen LogP contribution in [0, 0.1) is 3.70 Å². The van der Waals surface area contributed by atoms with Gasteiger partial charge in [-0.3, -0.25) is 4.79 Å². The Morgan fingerprint density at radius 2 is 1.86 bits per heavy atom. The highest BCUT2D eigenvalue weighted by molar-refractivity contribution is 14.1. The zero-order valence-corrected chi connectivity index (χ0v) is 13.0. The molecule has 0 radical (unpaired) electrons. The van der Waals surface area contributed by atoms with Crippen molar-refractivity contribution >= 4 is 28.6 Å². The van der Waals surface area contributed by atoms with Gasteiger partial charge in [0.15, 0.2) is 5.69 Å². The second-order valence-electron chi connectivity index (χ2n) is 3.80. The van der Waals surface area contributed by atoms with Crippen LogP contribution in [-0.4, -0.2) is 23.9 Å². The fourth-order valence-corrected chi connectivity index (χ4v) is 2.02. The van der Waals surface area contributed by atoms with E-state index in [2.05, 4.69) is 14.5 Å². The van der Waals surface area contributed by atoms with Crippen LogP contribution in [-0.2, 0) is 22.1 Å². The monoisotopic (exact) mass is 443 g/mol. The summed E-state index contributed by atoms with van der Waals surface area (Å²) in [5.74, 6) is -2.25. The van der Waals surface area contributed by atoms with E-state index in [0.29, 0.717) is 6.07 Å². The normalized spacial score (nSPS) is 12.2. The Kier molecular flexibility index (Phi) is 5.87. The minimum absolute atomic E-state index is 0.132. The largest absolute Gasteiger partial charge is 0.573 e. The van der Waals surface area contributed by atoms with Crippen LogP contribution >= 0.6 is 22.6 Å². The van der Waals surface area contributed by atoms with E-state index in [1.54, 1.807) is 0 Å². The summed E-state index contributed by atoms with van der Waals surface area (Å²) in [5, 5.41) is 0. The number of aromatic nitrogens is 1. The SMILES string of the molecule is CCOC(=O)Cc1c(OC(F)(F)F)cc(I)nc1C(F)(F)F. The summed E-state index contributed by atoms with van der Waals surface area (Å²) in [6.07, 6.45) is -11.3. The quantitative estimate of drug-likeness (QED) is 0.308. The van der Waals surface area contributed by atoms with Gasteiger partial charge in [0, 0.05) is 11.6 Å². The Hall–Kier alpha value is -1.27. The molecule has 1 rings (SSSR count). The minimum atomic E-state index is -5.21. The molecule has 1 heterocycles. The summed E-state index contributed by atoms with van der Waals surface area (Å²) in [7, 11) is 0. The van der Waals surface area contributed by atoms with Crippen LogP contribution in [0.1, 0.15) is 18.2 Å². The second-order valence-corrected chi connectivity index (χ2v) is 4.90. The first kappa shape index (κ1) is 18.8. The van der Waals surface area contributed by atoms with E-state index in [9.17, 15) is 31.1 Å². The zero-order valence-electron chi connectivity index (χ0n) is 10.8. The van der Waals surface area contributed by atoms with Crippen molar-refractivity contribution in [3.05, 3.63) is 21.0 Å². The van der Waals surface area contributed by atoms with E-state index < -0.39 is 41.9 Å². The number of esters is 1. The lowest BCUT2D eigenvalue weighted by Crippen LogP contribution is -2.23. The third-order valence-corrected chi connectivity index (χ3v) is 2.73. The summed E-state index contributed by atoms with van der Waals surface area (Å²) in [6.45, 7) is 1.27. The molecule has 0 bridgehead atoms. The van der Waals surface area contributed by atoms with Gasteiger partial charge in [-0.05, 0) is 29.5 Å². The molecule has 1 aromatic rings. The van der Waals surface area contributed by atoms with Gasteiger partial charge in [-0.15, -0.1) is 13.2 Å². The number of carbonyl (C=O) groups excluding carboxylic acids is 1. The zero-order chi connectivity index (χ0) is 17.1. The molecular weight excluding hydrogens is 435 g/mol. The van der Waals surface area contributed by atoms with Crippen molar-refractivity contribution in [1.29, 1.82) is 0 Å². The smallest absolute Gasteiger partial charge is 0.466 e. The predicted octanol–water partition coefficient (Wildman–Crippen LogP) is 3.71. The minimum Gasteiger partial charge on any atom is -0.466 e. The molecule has 0 saturated carbocycles. The lowest BCUT2D eigenvalue weighted by Gasteiger charge is -2.17. The third-order valence-electron chi connectivity index (χ3n) is 2.17. The molecule has 0 saturated heterocycles. The number of halogens is 7. The van der Waals surface area contributed by atoms with Crippen LogP contribution in [0.2, 0.25) is 0 Å². The number of carbonyl (C=O) groups is 1. The molecule has 22 heavy (non-hydrogen) atoms. The van der Waals surface area contributed by atoms with Crippen molar-refractivity contribution in [3.8, 4) is 5.75 Å². The van der Waals surface area contributed by atoms with Crippen LogP contribution in [0.25, 0.3) is 0 Å². The van der Waals surface area contributed by atoms with Gasteiger partial charge >= 0.3 is 18.5 Å². The molecule has 1 aromatic heterocycles. The standard InChI is InChI=1S/C11H8F6INO3/c1-2-21-8(20)3-5-6(22-11(15,16)17)4-7(18)19-9(5)10(12,13)14/h4H,2-3H2,1H3. The summed E-state index contributed by atoms with van der Waals surface area (Å²) < 4.78 is 83.4. The fourth-order valence-electron chi connectivity index (χ4n) is 1.50. The van der Waals surface area contributed by atoms with E-state index in [-0.39, 0.29) is 10.3 Å². The summed E-state index contributed by atoms with van der Waals surface area (Å²) in [6, 6.07) is 0.665. The van der Waals surface area contributed by atoms with Crippen molar-refractivity contribution in [2.24, 2.45) is 0 Å². The molecule has 4 nitrogen and oxygen atoms in total. The summed E-state index contributed by atoms with van der Waals surface area (Å²) in [5.41, 5.74) is -2.64. The lowest BCUT2D eigenvalue weighted by molar-refractivity contribution is -0.275. The molecule has 0 aliphatic heterocycles. The van der Waals surface area contributed by atoms with E-state index in [1.165, 1.54) is 29.5 Å². The fraction of sp³-hybridized carbons (Fsp3) is 0.455. The first-order valence-corrected chi connectivity index (χ1v) is 6.70. The maximum atomic E-state index is 12.9. The first-order valence-electron chi connectivity index (χ1n) is 5.62. The number of hydrogen-bond acceptors (Lipinski definition) is 4. The Balaban J connectivity index is 3.40. The third kappa shape index (κ3) is 5.50. The topological polar surface area (TPSA) is 48.4 Å². The van der Waals surface area contributed by atoms with E-state index >= 15 is 0 Å². The molecule has 0 aliphatic carbocycles. The van der Waals surface area contributed by atoms with Crippen LogP contribution in [0.4, 0.5) is 26.3 Å². The average molecular weight is 443 g/mol. The van der Waals surface area contributed by atoms with E-state index in [1.807, 2.05) is 0 Å². The molecule has 0 aliphatic rings. The highest BCUT2D eigenvalue weighted by atomic mass is 127. The number of rotatable bonds is 4. The number of hydrogen-bond donors (Lipinski definition) is 0. The van der Waals surface area contributed by atoms with Crippen molar-refractivity contribution in [1.82, 2.24) is 4.98 Å². The number of pyridine rings is 1. The van der Waals surface area contributed by atoms with Crippen LogP contribution in [0.5, 0.6) is 5.75 Å². The average Bonchev–Trinajstić information content (AvgIpc) is 2.29. The highest BCUT2D eigenvalue weighted by Gasteiger charge is 2.40. The molecule has 0 N–H and O–H groups in total. The van der Waals surface area contributed by atoms with Crippen LogP contribution in [0.3, 0.4) is 0 Å². The van der Waals surface area contributed by atoms with Gasteiger partial charge in [0.25, 0.3) is 0 Å². The van der Waals surface area contributed by atoms with E-state index in [0.717, 1.165) is 0 Å². The van der Waals surface area contributed by atoms with Gasteiger partial charge < -0.3 is 9.47 Å². The van der Waals surface area contributed by atoms with Crippen molar-refractivity contribution in [2.45, 2.75) is 25.9 Å². The summed E-state index contributed by atoms with van der Waals surface area (Å²) in [4.78, 5) is 14.5. The Morgan fingerprint density at radius 3 is 2.32 bits per heavy atom. The van der Waals surface area contributed by atoms with Crippen LogP contribution in [0.15, 0.2) is 6.07 Å². The highest BCUT2D eigenvalue weighted by Crippen LogP contribution is 2.37. The molecular formula is C11H8F6INO3. The van der Waals surface area contributed by atoms with Crippen molar-refractivity contribution in [3.63, 3.8) is 0 Å². The Bertz CT molecular complexity index is 558. The van der Waals surface area contributed by atoms with Crippen LogP contribution < -0.4 is 4.74 Å². The maximum Gasteiger partial charge on any atom is 0.573 e. The lowest BCUT2D eigenvalue weighted by atomic mass is 10.1. The summed E-state index contributed by atoms with van der Waals surface area (Å²) >= 11 is 1.31. The van der Waals surface area contributed by atoms with Gasteiger partial charge in [-0.25, -0.2) is 4.98 Å². The predicted molar refractivity (Wildman–Crippen MR) is 69.0 cm³/mol. The molecule has 11 heteroatoms. The number of ether oxygens (including phenoxy) is 2. The number of alkyl halides is 6. The molecule has 0 unspecified atom stereocenters. The Morgan fingerprint density at radius 1 is 1.27 bits per heavy atom. The maximum absolute atomic E-state index is 12.9. The van der Waals surface area contributed by atoms with Gasteiger partial charge in [0.2, 0.25) is 0 Å². The first-order chi connectivity index (χ1) is 9.94. The van der Waals surface area contributed by atoms with Crippen molar-refractivity contribution in [2.75, 3.05) is 6.61 Å². The van der Waals surface area contributed by atoms with Gasteiger partial charge in [0.05, 0.1) is 13.0 Å². The van der Waals surface area contributed by atoms with Gasteiger partial charge in [0.1, 0.15) is 9.45 Å². The van der Waals surface area contributed by atoms with Crippen molar-refractivity contribution < 1.29 is 40.6 Å². The van der Waals surface area contributed by atoms with Gasteiger partial charge in [-0.2, -0.15) is 13.2 Å². The number of nitrogens with zero attached hydrogens (tertiary/aromatic N) is 1. The second kappa shape index (κ2) is 6.87. The Labute approximate surface area is 133 Å². The molecule has 124 valence electrons. The van der Waals surface area contributed by atoms with E-state index in [4.69, 9.17) is 0 Å². The van der Waals surface area contributed by atoms with Gasteiger partial charge in [-0.1, -0.05) is 0 Å².